The van der Waals surface area contributed by atoms with Gasteiger partial charge in [-0.05, 0) is 49.6 Å². The van der Waals surface area contributed by atoms with Crippen LogP contribution in [0.1, 0.15) is 12.5 Å². The smallest absolute Gasteiger partial charge is 0.143 e. The molecular weight excluding hydrogens is 274 g/mol. The number of aryl methyl sites for hydroxylation is 1. The zero-order valence-electron chi connectivity index (χ0n) is 12.7. The fraction of sp³-hybridized carbons (Fsp3) is 0.111. The van der Waals surface area contributed by atoms with Crippen molar-refractivity contribution in [3.8, 4) is 5.75 Å². The maximum absolute atomic E-state index is 10.1. The van der Waals surface area contributed by atoms with E-state index in [4.69, 9.17) is 5.73 Å². The van der Waals surface area contributed by atoms with E-state index in [1.807, 2.05) is 31.2 Å². The Morgan fingerprint density at radius 2 is 1.95 bits per heavy atom. The molecule has 2 aromatic rings. The van der Waals surface area contributed by atoms with Crippen LogP contribution in [0, 0.1) is 6.92 Å². The Balaban J connectivity index is 2.50. The lowest BCUT2D eigenvalue weighted by Crippen LogP contribution is -1.88. The van der Waals surface area contributed by atoms with E-state index in [0.717, 1.165) is 16.3 Å². The summed E-state index contributed by atoms with van der Waals surface area (Å²) in [6, 6.07) is 9.46. The summed E-state index contributed by atoms with van der Waals surface area (Å²) in [5, 5.41) is 20.3. The number of allylic oxidation sites excluding steroid dienone is 4. The third-order valence-electron chi connectivity index (χ3n) is 3.12. The Morgan fingerprint density at radius 3 is 2.64 bits per heavy atom. The topological polar surface area (TPSA) is 71.0 Å². The van der Waals surface area contributed by atoms with Gasteiger partial charge in [-0.1, -0.05) is 30.3 Å². The molecule has 4 nitrogen and oxygen atoms in total. The van der Waals surface area contributed by atoms with Crippen LogP contribution in [-0.4, -0.2) is 5.11 Å². The van der Waals surface area contributed by atoms with Crippen LogP contribution in [0.3, 0.4) is 0 Å². The summed E-state index contributed by atoms with van der Waals surface area (Å²) in [7, 11) is 0. The average Bonchev–Trinajstić information content (AvgIpc) is 2.48. The molecule has 0 heterocycles. The highest BCUT2D eigenvalue weighted by Gasteiger charge is 2.06. The van der Waals surface area contributed by atoms with Crippen LogP contribution in [0.25, 0.3) is 10.8 Å². The van der Waals surface area contributed by atoms with Gasteiger partial charge in [-0.25, -0.2) is 0 Å². The molecule has 0 atom stereocenters. The van der Waals surface area contributed by atoms with Crippen molar-refractivity contribution >= 4 is 16.5 Å². The van der Waals surface area contributed by atoms with E-state index in [2.05, 4.69) is 16.8 Å². The third kappa shape index (κ3) is 3.61. The van der Waals surface area contributed by atoms with Crippen molar-refractivity contribution in [3.63, 3.8) is 0 Å². The Hall–Kier alpha value is -2.88. The van der Waals surface area contributed by atoms with Crippen LogP contribution in [0.15, 0.2) is 76.8 Å². The van der Waals surface area contributed by atoms with Crippen molar-refractivity contribution in [1.82, 2.24) is 0 Å². The molecule has 0 unspecified atom stereocenters. The molecule has 0 spiro atoms. The number of nitrogens with two attached hydrogens (primary N) is 1. The van der Waals surface area contributed by atoms with Crippen LogP contribution in [-0.2, 0) is 0 Å². The second-order valence-electron chi connectivity index (χ2n) is 5.06. The number of phenolic OH excluding ortho intramolecular Hbond substituents is 1. The zero-order valence-corrected chi connectivity index (χ0v) is 12.7. The quantitative estimate of drug-likeness (QED) is 0.623. The van der Waals surface area contributed by atoms with Gasteiger partial charge >= 0.3 is 0 Å². The molecule has 0 saturated carbocycles. The molecule has 3 N–H and O–H groups in total. The first-order chi connectivity index (χ1) is 10.5. The summed E-state index contributed by atoms with van der Waals surface area (Å²) in [6.07, 6.45) is 5.03. The summed E-state index contributed by atoms with van der Waals surface area (Å²) < 4.78 is 0. The van der Waals surface area contributed by atoms with Crippen molar-refractivity contribution in [3.05, 3.63) is 72.1 Å². The predicted octanol–water partition coefficient (Wildman–Crippen LogP) is 4.87. The van der Waals surface area contributed by atoms with Gasteiger partial charge in [-0.2, -0.15) is 5.11 Å². The van der Waals surface area contributed by atoms with Gasteiger partial charge in [0.1, 0.15) is 11.4 Å². The molecule has 2 aromatic carbocycles. The minimum absolute atomic E-state index is 0.0933. The lowest BCUT2D eigenvalue weighted by molar-refractivity contribution is 0.477. The van der Waals surface area contributed by atoms with Gasteiger partial charge in [0.05, 0.1) is 5.70 Å². The van der Waals surface area contributed by atoms with Crippen LogP contribution >= 0.6 is 0 Å². The number of nitrogens with zero attached hydrogens (tertiary/aromatic N) is 2. The first-order valence-electron chi connectivity index (χ1n) is 6.92. The van der Waals surface area contributed by atoms with Gasteiger partial charge in [-0.15, -0.1) is 5.11 Å². The molecule has 0 bridgehead atoms. The van der Waals surface area contributed by atoms with Crippen LogP contribution < -0.4 is 5.73 Å². The molecular formula is C18H19N3O. The van der Waals surface area contributed by atoms with E-state index in [1.165, 1.54) is 0 Å². The highest BCUT2D eigenvalue weighted by molar-refractivity contribution is 5.95. The van der Waals surface area contributed by atoms with E-state index >= 15 is 0 Å². The van der Waals surface area contributed by atoms with Gasteiger partial charge in [0.15, 0.2) is 0 Å². The summed E-state index contributed by atoms with van der Waals surface area (Å²) in [5.41, 5.74) is 8.36. The van der Waals surface area contributed by atoms with Gasteiger partial charge in [-0.3, -0.25) is 0 Å². The summed E-state index contributed by atoms with van der Waals surface area (Å²) >= 11 is 0. The highest BCUT2D eigenvalue weighted by atomic mass is 16.3. The Morgan fingerprint density at radius 1 is 1.23 bits per heavy atom. The van der Waals surface area contributed by atoms with E-state index in [0.29, 0.717) is 17.1 Å². The fourth-order valence-electron chi connectivity index (χ4n) is 1.98. The molecule has 22 heavy (non-hydrogen) atoms. The summed E-state index contributed by atoms with van der Waals surface area (Å²) in [6.45, 7) is 7.48. The first-order valence-corrected chi connectivity index (χ1v) is 6.92. The molecule has 112 valence electrons. The molecule has 0 aliphatic rings. The summed E-state index contributed by atoms with van der Waals surface area (Å²) in [4.78, 5) is 0. The molecule has 4 heteroatoms. The van der Waals surface area contributed by atoms with E-state index in [-0.39, 0.29) is 5.75 Å². The monoisotopic (exact) mass is 293 g/mol. The highest BCUT2D eigenvalue weighted by Crippen LogP contribution is 2.36. The average molecular weight is 293 g/mol. The number of fused-ring (bicyclic) bond motifs is 1. The molecule has 0 amide bonds. The zero-order chi connectivity index (χ0) is 16.1. The summed E-state index contributed by atoms with van der Waals surface area (Å²) in [5.74, 6) is 0.0933. The lowest BCUT2D eigenvalue weighted by Gasteiger charge is -2.05. The second-order valence-corrected chi connectivity index (χ2v) is 5.06. The number of benzene rings is 2. The third-order valence-corrected chi connectivity index (χ3v) is 3.12. The van der Waals surface area contributed by atoms with Gasteiger partial charge in [0, 0.05) is 11.1 Å². The molecule has 0 aliphatic heterocycles. The molecule has 2 rings (SSSR count). The minimum Gasteiger partial charge on any atom is -0.506 e. The number of hydrogen-bond acceptors (Lipinski definition) is 4. The molecule has 0 fully saturated rings. The first kappa shape index (κ1) is 15.5. The molecule has 0 aromatic heterocycles. The maximum atomic E-state index is 10.1. The molecule has 0 aliphatic carbocycles. The fourth-order valence-corrected chi connectivity index (χ4v) is 1.98. The van der Waals surface area contributed by atoms with Gasteiger partial charge in [0.2, 0.25) is 0 Å². The SMILES string of the molecule is C=CC(=C\C=C(/C)N)/N=N/c1c(O)ccc2ccc(C)cc12. The number of phenols is 1. The molecule has 0 saturated heterocycles. The van der Waals surface area contributed by atoms with Gasteiger partial charge in [0.25, 0.3) is 0 Å². The number of hydrogen-bond donors (Lipinski definition) is 2. The molecule has 0 radical (unpaired) electrons. The lowest BCUT2D eigenvalue weighted by atomic mass is 10.1. The number of rotatable bonds is 4. The Labute approximate surface area is 130 Å². The van der Waals surface area contributed by atoms with Crippen LogP contribution in [0.4, 0.5) is 5.69 Å². The second kappa shape index (κ2) is 6.72. The van der Waals surface area contributed by atoms with Crippen molar-refractivity contribution in [1.29, 1.82) is 0 Å². The van der Waals surface area contributed by atoms with E-state index in [1.54, 1.807) is 31.2 Å². The van der Waals surface area contributed by atoms with Crippen molar-refractivity contribution in [2.24, 2.45) is 16.0 Å². The largest absolute Gasteiger partial charge is 0.506 e. The van der Waals surface area contributed by atoms with Crippen LogP contribution in [0.5, 0.6) is 5.75 Å². The van der Waals surface area contributed by atoms with Gasteiger partial charge < -0.3 is 10.8 Å². The standard InChI is InChI=1S/C18H19N3O/c1-4-15(9-6-13(3)19)20-21-18-16-11-12(2)5-7-14(16)8-10-17(18)22/h4-11,22H,1,19H2,2-3H3/b13-6+,15-9+,21-20+. The Bertz CT molecular complexity index is 792. The number of azo groups is 1. The van der Waals surface area contributed by atoms with Crippen molar-refractivity contribution in [2.45, 2.75) is 13.8 Å². The number of aromatic hydroxyl groups is 1. The normalized spacial score (nSPS) is 13.0. The maximum Gasteiger partial charge on any atom is 0.143 e. The predicted molar refractivity (Wildman–Crippen MR) is 91.1 cm³/mol. The van der Waals surface area contributed by atoms with Crippen molar-refractivity contribution < 1.29 is 5.11 Å². The van der Waals surface area contributed by atoms with Crippen molar-refractivity contribution in [2.75, 3.05) is 0 Å². The van der Waals surface area contributed by atoms with E-state index < -0.39 is 0 Å². The Kier molecular flexibility index (Phi) is 4.73. The van der Waals surface area contributed by atoms with Crippen LogP contribution in [0.2, 0.25) is 0 Å². The minimum atomic E-state index is 0.0933. The van der Waals surface area contributed by atoms with E-state index in [9.17, 15) is 5.11 Å².